The molecule has 63 heavy (non-hydrogen) atoms. The van der Waals surface area contributed by atoms with Crippen LogP contribution < -0.4 is 15.4 Å². The summed E-state index contributed by atoms with van der Waals surface area (Å²) >= 11 is 0. The SMILES string of the molecule is [2H]c1c([2H])c([2H])c(-c2cnc(-n3c4ccccc4c4ccc(Oc5cccc(Nc6ccccc6Nc6c(-c7c([2H])c([2H])c([2H])c([2H])c7[2H])cc(C(C)(C)C)cc6-c6c([2H])c([2H])c([2H])c([2H])c6[2H])c5)cc43)cc2C([2H])([2H])[2H])c([2H])c1[2H]. The molecule has 0 spiro atoms. The van der Waals surface area contributed by atoms with E-state index in [-0.39, 0.29) is 50.4 Å². The molecule has 0 saturated heterocycles. The molecule has 8 aromatic carbocycles. The number of aromatic nitrogens is 2. The Bertz CT molecular complexity index is 4090. The summed E-state index contributed by atoms with van der Waals surface area (Å²) in [5.74, 6) is 0.963. The summed E-state index contributed by atoms with van der Waals surface area (Å²) in [5.41, 5.74) is 1.94. The normalized spacial score (nSPS) is 15.7. The number of pyridine rings is 1. The molecule has 2 N–H and O–H groups in total. The number of aryl methyl sites for hydroxylation is 1. The number of nitrogens with zero attached hydrogens (tertiary/aromatic N) is 2. The third-order valence-corrected chi connectivity index (χ3v) is 10.6. The van der Waals surface area contributed by atoms with Crippen LogP contribution in [0.25, 0.3) is 61.0 Å². The maximum atomic E-state index is 9.10. The zero-order chi connectivity index (χ0) is 58.5. The van der Waals surface area contributed by atoms with Crippen LogP contribution in [-0.4, -0.2) is 9.55 Å². The van der Waals surface area contributed by atoms with E-state index in [0.717, 1.165) is 10.8 Å². The summed E-state index contributed by atoms with van der Waals surface area (Å²) in [5, 5.41) is 8.43. The second kappa shape index (κ2) is 16.5. The summed E-state index contributed by atoms with van der Waals surface area (Å²) in [6.07, 6.45) is 1.22. The average molecular weight is 835 g/mol. The van der Waals surface area contributed by atoms with Crippen LogP contribution in [0.1, 0.15) is 56.6 Å². The number of hydrogen-bond donors (Lipinski definition) is 2. The second-order valence-electron chi connectivity index (χ2n) is 15.7. The highest BCUT2D eigenvalue weighted by atomic mass is 16.5. The Kier molecular flexibility index (Phi) is 6.28. The molecule has 5 heteroatoms. The van der Waals surface area contributed by atoms with Gasteiger partial charge in [0, 0.05) is 55.6 Å². The molecular formula is C58H48N4O. The van der Waals surface area contributed by atoms with E-state index in [1.165, 1.54) is 12.3 Å². The van der Waals surface area contributed by atoms with Crippen molar-refractivity contribution in [1.29, 1.82) is 0 Å². The number of fused-ring (bicyclic) bond motifs is 3. The van der Waals surface area contributed by atoms with Gasteiger partial charge in [-0.05, 0) is 101 Å². The molecule has 0 aliphatic heterocycles. The zero-order valence-electron chi connectivity index (χ0n) is 52.3. The van der Waals surface area contributed by atoms with Crippen molar-refractivity contribution >= 4 is 44.6 Å². The van der Waals surface area contributed by atoms with Gasteiger partial charge in [-0.15, -0.1) is 0 Å². The van der Waals surface area contributed by atoms with Crippen molar-refractivity contribution in [2.75, 3.05) is 10.6 Å². The molecule has 5 nitrogen and oxygen atoms in total. The van der Waals surface area contributed by atoms with Crippen molar-refractivity contribution in [3.8, 4) is 50.7 Å². The van der Waals surface area contributed by atoms with Crippen LogP contribution in [0.5, 0.6) is 11.5 Å². The first-order chi connectivity index (χ1) is 38.2. The molecule has 0 unspecified atom stereocenters. The first-order valence-corrected chi connectivity index (χ1v) is 20.0. The highest BCUT2D eigenvalue weighted by Gasteiger charge is 2.22. The van der Waals surface area contributed by atoms with Crippen LogP contribution in [0, 0.1) is 6.85 Å². The molecule has 2 heterocycles. The summed E-state index contributed by atoms with van der Waals surface area (Å²) < 4.78 is 163. The third-order valence-electron chi connectivity index (χ3n) is 10.6. The van der Waals surface area contributed by atoms with Crippen LogP contribution in [0.15, 0.2) is 206 Å². The maximum Gasteiger partial charge on any atom is 0.137 e. The maximum absolute atomic E-state index is 9.10. The molecule has 306 valence electrons. The van der Waals surface area contributed by atoms with Gasteiger partial charge in [-0.3, -0.25) is 4.57 Å². The third kappa shape index (κ3) is 7.93. The van der Waals surface area contributed by atoms with Crippen molar-refractivity contribution in [2.45, 2.75) is 33.0 Å². The topological polar surface area (TPSA) is 51.1 Å². The molecule has 0 atom stereocenters. The molecule has 0 saturated carbocycles. The van der Waals surface area contributed by atoms with Crippen LogP contribution in [0.3, 0.4) is 0 Å². The van der Waals surface area contributed by atoms with E-state index < -0.39 is 103 Å². The van der Waals surface area contributed by atoms with Gasteiger partial charge < -0.3 is 15.4 Å². The van der Waals surface area contributed by atoms with Gasteiger partial charge in [0.25, 0.3) is 0 Å². The van der Waals surface area contributed by atoms with Gasteiger partial charge in [0.05, 0.1) is 48.7 Å². The number of hydrogen-bond acceptors (Lipinski definition) is 4. The number of rotatable bonds is 10. The van der Waals surface area contributed by atoms with Crippen molar-refractivity contribution in [3.63, 3.8) is 0 Å². The minimum Gasteiger partial charge on any atom is -0.457 e. The fraction of sp³-hybridized carbons (Fsp3) is 0.0862. The van der Waals surface area contributed by atoms with Crippen LogP contribution in [0.4, 0.5) is 22.7 Å². The van der Waals surface area contributed by atoms with E-state index in [4.69, 9.17) is 29.4 Å². The second-order valence-corrected chi connectivity index (χ2v) is 15.7. The van der Waals surface area contributed by atoms with E-state index in [1.54, 1.807) is 77.4 Å². The van der Waals surface area contributed by atoms with Gasteiger partial charge >= 0.3 is 0 Å². The van der Waals surface area contributed by atoms with Gasteiger partial charge in [-0.1, -0.05) is 148 Å². The van der Waals surface area contributed by atoms with Gasteiger partial charge in [0.2, 0.25) is 0 Å². The van der Waals surface area contributed by atoms with Crippen molar-refractivity contribution in [1.82, 2.24) is 9.55 Å². The summed E-state index contributed by atoms with van der Waals surface area (Å²) in [6, 6.07) is 23.2. The Hall–Kier alpha value is -7.89. The smallest absolute Gasteiger partial charge is 0.137 e. The lowest BCUT2D eigenvalue weighted by molar-refractivity contribution is 0.483. The monoisotopic (exact) mass is 834 g/mol. The Morgan fingerprint density at radius 1 is 0.556 bits per heavy atom. The molecular weight excluding hydrogens is 769 g/mol. The molecule has 0 aliphatic carbocycles. The van der Waals surface area contributed by atoms with E-state index in [1.807, 2.05) is 51.1 Å². The molecule has 0 fully saturated rings. The molecule has 0 aliphatic rings. The van der Waals surface area contributed by atoms with E-state index >= 15 is 0 Å². The van der Waals surface area contributed by atoms with Crippen molar-refractivity contribution in [2.24, 2.45) is 0 Å². The van der Waals surface area contributed by atoms with Crippen LogP contribution in [0.2, 0.25) is 0 Å². The highest BCUT2D eigenvalue weighted by Crippen LogP contribution is 2.44. The van der Waals surface area contributed by atoms with Crippen molar-refractivity contribution < 1.29 is 29.4 Å². The fourth-order valence-electron chi connectivity index (χ4n) is 7.55. The lowest BCUT2D eigenvalue weighted by Crippen LogP contribution is -2.12. The van der Waals surface area contributed by atoms with Gasteiger partial charge in [-0.2, -0.15) is 0 Å². The molecule has 0 radical (unpaired) electrons. The first-order valence-electron chi connectivity index (χ1n) is 29.0. The number of ether oxygens (including phenoxy) is 1. The summed E-state index contributed by atoms with van der Waals surface area (Å²) in [7, 11) is 0. The summed E-state index contributed by atoms with van der Waals surface area (Å²) in [6.45, 7) is 2.90. The molecule has 2 aromatic heterocycles. The van der Waals surface area contributed by atoms with Gasteiger partial charge in [0.15, 0.2) is 0 Å². The fourth-order valence-corrected chi connectivity index (χ4v) is 7.55. The Morgan fingerprint density at radius 2 is 1.14 bits per heavy atom. The Labute approximate surface area is 394 Å². The standard InChI is InChI=1S/C58H48N4O/c1-39-33-56(59-38-51(39)42-23-12-7-13-24-42)62-54-30-17-14-27-47(54)48-32-31-46(37-55(48)62)63-45-26-18-25-44(36-45)60-52-28-15-16-29-53(52)61-57-49(40-19-8-5-9-20-40)34-43(58(2,3)4)35-50(57)41-21-10-6-11-22-41/h5-38,60-61H,1-4H3/i1D3,5D,6D,7D,8D,9D,10D,11D,12D,13D,19D,20D,21D,22D,23D,24D. The predicted octanol–water partition coefficient (Wildman–Crippen LogP) is 16.1. The van der Waals surface area contributed by atoms with E-state index in [2.05, 4.69) is 15.6 Å². The van der Waals surface area contributed by atoms with E-state index in [9.17, 15) is 0 Å². The Morgan fingerprint density at radius 3 is 1.79 bits per heavy atom. The van der Waals surface area contributed by atoms with Gasteiger partial charge in [-0.25, -0.2) is 4.98 Å². The Balaban J connectivity index is 1.06. The molecule has 0 bridgehead atoms. The van der Waals surface area contributed by atoms with Crippen LogP contribution >= 0.6 is 0 Å². The summed E-state index contributed by atoms with van der Waals surface area (Å²) in [4.78, 5) is 4.67. The highest BCUT2D eigenvalue weighted by molar-refractivity contribution is 6.09. The zero-order valence-corrected chi connectivity index (χ0v) is 34.3. The number of nitrogens with one attached hydrogen (secondary N) is 2. The first kappa shape index (κ1) is 23.9. The molecule has 10 rings (SSSR count). The number of benzene rings is 8. The lowest BCUT2D eigenvalue weighted by atomic mass is 9.82. The average Bonchev–Trinajstić information content (AvgIpc) is 3.82. The quantitative estimate of drug-likeness (QED) is 0.144. The molecule has 0 amide bonds. The largest absolute Gasteiger partial charge is 0.457 e. The van der Waals surface area contributed by atoms with Crippen LogP contribution in [-0.2, 0) is 5.41 Å². The van der Waals surface area contributed by atoms with E-state index in [0.29, 0.717) is 45.2 Å². The van der Waals surface area contributed by atoms with Gasteiger partial charge in [0.1, 0.15) is 17.3 Å². The minimum absolute atomic E-state index is 0.106. The van der Waals surface area contributed by atoms with Crippen molar-refractivity contribution in [3.05, 3.63) is 217 Å². The number of para-hydroxylation sites is 3. The minimum atomic E-state index is -2.80. The lowest BCUT2D eigenvalue weighted by Gasteiger charge is -2.26. The molecule has 10 aromatic rings. The predicted molar refractivity (Wildman–Crippen MR) is 264 cm³/mol. The number of anilines is 4.